The minimum Gasteiger partial charge on any atom is -0.428 e. The molecule has 1 aliphatic carbocycles. The number of oxazole rings is 1. The molecule has 1 atom stereocenters. The lowest BCUT2D eigenvalue weighted by molar-refractivity contribution is 0.411. The van der Waals surface area contributed by atoms with Crippen LogP contribution < -0.4 is 10.6 Å². The zero-order valence-corrected chi connectivity index (χ0v) is 9.61. The van der Waals surface area contributed by atoms with Gasteiger partial charge in [-0.1, -0.05) is 0 Å². The van der Waals surface area contributed by atoms with Gasteiger partial charge in [0.25, 0.3) is 6.01 Å². The van der Waals surface area contributed by atoms with Gasteiger partial charge < -0.3 is 15.1 Å². The van der Waals surface area contributed by atoms with E-state index in [0.29, 0.717) is 12.6 Å². The third kappa shape index (κ3) is 1.61. The second kappa shape index (κ2) is 4.09. The highest BCUT2D eigenvalue weighted by Gasteiger charge is 2.27. The van der Waals surface area contributed by atoms with E-state index in [1.165, 1.54) is 31.4 Å². The monoisotopic (exact) mass is 221 g/mol. The van der Waals surface area contributed by atoms with Gasteiger partial charge in [-0.15, -0.1) is 0 Å². The van der Waals surface area contributed by atoms with Gasteiger partial charge in [0.2, 0.25) is 0 Å². The van der Waals surface area contributed by atoms with Crippen molar-refractivity contribution in [1.29, 1.82) is 0 Å². The molecule has 4 heteroatoms. The Balaban J connectivity index is 1.84. The summed E-state index contributed by atoms with van der Waals surface area (Å²) in [5.41, 5.74) is 6.99. The lowest BCUT2D eigenvalue weighted by Crippen LogP contribution is -2.44. The van der Waals surface area contributed by atoms with Gasteiger partial charge in [-0.2, -0.15) is 4.98 Å². The molecule has 2 N–H and O–H groups in total. The molecule has 4 nitrogen and oxygen atoms in total. The molecule has 0 radical (unpaired) electrons. The van der Waals surface area contributed by atoms with Crippen molar-refractivity contribution in [3.63, 3.8) is 0 Å². The van der Waals surface area contributed by atoms with Crippen molar-refractivity contribution in [3.8, 4) is 0 Å². The number of hydrogen-bond acceptors (Lipinski definition) is 4. The SMILES string of the molecule is NCC1CCCCN1c1nc2c(o1)CCC2. The number of hydrogen-bond donors (Lipinski definition) is 1. The molecule has 1 unspecified atom stereocenters. The van der Waals surface area contributed by atoms with Crippen molar-refractivity contribution >= 4 is 6.01 Å². The van der Waals surface area contributed by atoms with Crippen molar-refractivity contribution in [2.75, 3.05) is 18.0 Å². The van der Waals surface area contributed by atoms with Crippen LogP contribution in [0.3, 0.4) is 0 Å². The Morgan fingerprint density at radius 2 is 2.25 bits per heavy atom. The largest absolute Gasteiger partial charge is 0.428 e. The summed E-state index contributed by atoms with van der Waals surface area (Å²) in [7, 11) is 0. The van der Waals surface area contributed by atoms with E-state index < -0.39 is 0 Å². The van der Waals surface area contributed by atoms with Crippen molar-refractivity contribution in [2.24, 2.45) is 5.73 Å². The Kier molecular flexibility index (Phi) is 2.59. The van der Waals surface area contributed by atoms with E-state index in [0.717, 1.165) is 31.2 Å². The number of nitrogens with two attached hydrogens (primary N) is 1. The molecular weight excluding hydrogens is 202 g/mol. The summed E-state index contributed by atoms with van der Waals surface area (Å²) < 4.78 is 5.86. The highest BCUT2D eigenvalue weighted by atomic mass is 16.4. The molecule has 0 amide bonds. The van der Waals surface area contributed by atoms with Gasteiger partial charge in [-0.25, -0.2) is 0 Å². The van der Waals surface area contributed by atoms with Crippen LogP contribution in [0.4, 0.5) is 6.01 Å². The Morgan fingerprint density at radius 3 is 3.06 bits per heavy atom. The van der Waals surface area contributed by atoms with Crippen LogP contribution in [0, 0.1) is 0 Å². The summed E-state index contributed by atoms with van der Waals surface area (Å²) in [6, 6.07) is 1.24. The molecule has 0 bridgehead atoms. The molecule has 3 rings (SSSR count). The molecule has 0 spiro atoms. The van der Waals surface area contributed by atoms with Crippen LogP contribution in [0.5, 0.6) is 0 Å². The van der Waals surface area contributed by atoms with Gasteiger partial charge in [0, 0.05) is 25.6 Å². The lowest BCUT2D eigenvalue weighted by atomic mass is 10.0. The third-order valence-electron chi connectivity index (χ3n) is 3.73. The van der Waals surface area contributed by atoms with Crippen molar-refractivity contribution in [2.45, 2.75) is 44.6 Å². The van der Waals surface area contributed by atoms with E-state index in [1.807, 2.05) is 0 Å². The number of piperidine rings is 1. The first-order valence-electron chi connectivity index (χ1n) is 6.34. The van der Waals surface area contributed by atoms with Crippen molar-refractivity contribution in [3.05, 3.63) is 11.5 Å². The number of fused-ring (bicyclic) bond motifs is 1. The van der Waals surface area contributed by atoms with Gasteiger partial charge in [-0.05, 0) is 32.1 Å². The minimum atomic E-state index is 0.424. The molecule has 88 valence electrons. The molecule has 1 aromatic rings. The maximum Gasteiger partial charge on any atom is 0.297 e. The molecule has 2 aliphatic rings. The van der Waals surface area contributed by atoms with Crippen LogP contribution in [-0.2, 0) is 12.8 Å². The average molecular weight is 221 g/mol. The Bertz CT molecular complexity index is 353. The number of anilines is 1. The summed E-state index contributed by atoms with van der Waals surface area (Å²) in [6.45, 7) is 1.74. The number of rotatable bonds is 2. The van der Waals surface area contributed by atoms with Crippen molar-refractivity contribution < 1.29 is 4.42 Å². The fraction of sp³-hybridized carbons (Fsp3) is 0.750. The summed E-state index contributed by atoms with van der Waals surface area (Å²) in [4.78, 5) is 6.88. The molecule has 2 heterocycles. The Labute approximate surface area is 95.8 Å². The van der Waals surface area contributed by atoms with E-state index in [1.54, 1.807) is 0 Å². The molecule has 1 fully saturated rings. The zero-order valence-electron chi connectivity index (χ0n) is 9.61. The fourth-order valence-electron chi connectivity index (χ4n) is 2.80. The standard InChI is InChI=1S/C12H19N3O/c13-8-9-4-1-2-7-15(9)12-14-10-5-3-6-11(10)16-12/h9H,1-8,13H2. The maximum atomic E-state index is 5.86. The van der Waals surface area contributed by atoms with Crippen LogP contribution in [-0.4, -0.2) is 24.1 Å². The summed E-state index contributed by atoms with van der Waals surface area (Å²) in [5, 5.41) is 0. The number of aromatic nitrogens is 1. The van der Waals surface area contributed by atoms with Crippen LogP contribution >= 0.6 is 0 Å². The first kappa shape index (κ1) is 10.1. The van der Waals surface area contributed by atoms with E-state index in [-0.39, 0.29) is 0 Å². The van der Waals surface area contributed by atoms with Crippen LogP contribution in [0.2, 0.25) is 0 Å². The van der Waals surface area contributed by atoms with Gasteiger partial charge in [0.1, 0.15) is 5.76 Å². The second-order valence-electron chi connectivity index (χ2n) is 4.80. The number of aryl methyl sites for hydroxylation is 2. The predicted octanol–water partition coefficient (Wildman–Crippen LogP) is 1.48. The second-order valence-corrected chi connectivity index (χ2v) is 4.80. The summed E-state index contributed by atoms with van der Waals surface area (Å²) >= 11 is 0. The normalized spacial score (nSPS) is 24.8. The van der Waals surface area contributed by atoms with Gasteiger partial charge in [-0.3, -0.25) is 0 Å². The Hall–Kier alpha value is -1.03. The highest BCUT2D eigenvalue weighted by Crippen LogP contribution is 2.30. The zero-order chi connectivity index (χ0) is 11.0. The van der Waals surface area contributed by atoms with E-state index >= 15 is 0 Å². The number of nitrogens with zero attached hydrogens (tertiary/aromatic N) is 2. The molecule has 1 aromatic heterocycles. The van der Waals surface area contributed by atoms with Gasteiger partial charge >= 0.3 is 0 Å². The lowest BCUT2D eigenvalue weighted by Gasteiger charge is -2.33. The first-order chi connectivity index (χ1) is 7.88. The molecular formula is C12H19N3O. The highest BCUT2D eigenvalue weighted by molar-refractivity contribution is 5.34. The van der Waals surface area contributed by atoms with Crippen LogP contribution in [0.25, 0.3) is 0 Å². The van der Waals surface area contributed by atoms with Crippen LogP contribution in [0.1, 0.15) is 37.1 Å². The van der Waals surface area contributed by atoms with Gasteiger partial charge in [0.05, 0.1) is 5.69 Å². The average Bonchev–Trinajstić information content (AvgIpc) is 2.89. The smallest absolute Gasteiger partial charge is 0.297 e. The van der Waals surface area contributed by atoms with Crippen molar-refractivity contribution in [1.82, 2.24) is 4.98 Å². The van der Waals surface area contributed by atoms with Gasteiger partial charge in [0.15, 0.2) is 0 Å². The molecule has 0 aromatic carbocycles. The minimum absolute atomic E-state index is 0.424. The van der Waals surface area contributed by atoms with E-state index in [9.17, 15) is 0 Å². The van der Waals surface area contributed by atoms with Crippen LogP contribution in [0.15, 0.2) is 4.42 Å². The summed E-state index contributed by atoms with van der Waals surface area (Å²) in [5.74, 6) is 1.11. The fourth-order valence-corrected chi connectivity index (χ4v) is 2.80. The topological polar surface area (TPSA) is 55.3 Å². The maximum absolute atomic E-state index is 5.86. The molecule has 1 saturated heterocycles. The quantitative estimate of drug-likeness (QED) is 0.822. The van der Waals surface area contributed by atoms with E-state index in [2.05, 4.69) is 9.88 Å². The third-order valence-corrected chi connectivity index (χ3v) is 3.73. The molecule has 0 saturated carbocycles. The molecule has 1 aliphatic heterocycles. The van der Waals surface area contributed by atoms with E-state index in [4.69, 9.17) is 10.2 Å². The summed E-state index contributed by atoms with van der Waals surface area (Å²) in [6.07, 6.45) is 7.01. The predicted molar refractivity (Wildman–Crippen MR) is 62.6 cm³/mol. The Morgan fingerprint density at radius 1 is 1.31 bits per heavy atom. The molecule has 16 heavy (non-hydrogen) atoms. The first-order valence-corrected chi connectivity index (χ1v) is 6.34.